The lowest BCUT2D eigenvalue weighted by Gasteiger charge is -2.16. The van der Waals surface area contributed by atoms with Gasteiger partial charge in [-0.3, -0.25) is 27.9 Å². The Balaban J connectivity index is 1.52. The van der Waals surface area contributed by atoms with Gasteiger partial charge in [-0.05, 0) is 41.5 Å². The second kappa shape index (κ2) is 11.0. The van der Waals surface area contributed by atoms with Gasteiger partial charge in [-0.1, -0.05) is 60.7 Å². The lowest BCUT2D eigenvalue weighted by molar-refractivity contribution is 0.703. The molecule has 0 fully saturated rings. The van der Waals surface area contributed by atoms with Gasteiger partial charge >= 0.3 is 11.4 Å². The summed E-state index contributed by atoms with van der Waals surface area (Å²) in [5, 5.41) is 20.4. The maximum absolute atomic E-state index is 14.0. The smallest absolute Gasteiger partial charge is 0.318 e. The number of hydrogen-bond donors (Lipinski definition) is 0. The molecular formula is C37H32N10O4. The Morgan fingerprint density at radius 3 is 1.25 bits per heavy atom. The van der Waals surface area contributed by atoms with E-state index < -0.39 is 22.5 Å². The van der Waals surface area contributed by atoms with Crippen LogP contribution < -0.4 is 22.5 Å². The molecule has 2 aromatic carbocycles. The predicted octanol–water partition coefficient (Wildman–Crippen LogP) is 2.53. The largest absolute Gasteiger partial charge is 0.332 e. The van der Waals surface area contributed by atoms with E-state index in [-0.39, 0.29) is 11.3 Å². The molecule has 6 aromatic heterocycles. The molecule has 0 aliphatic heterocycles. The highest BCUT2D eigenvalue weighted by Gasteiger charge is 2.33. The molecule has 0 N–H and O–H groups in total. The SMILES string of the molecule is Cn1c(=O)c2c3c4c(n(Cc5ccccc5)c3nnc2n(C)c1=O)-c1c(c2c3c(=O)n(C)c(=O)n(C)c3nnc2n1Cc1ccccc1)CCC4. The highest BCUT2D eigenvalue weighted by molar-refractivity contribution is 6.10. The van der Waals surface area contributed by atoms with Crippen LogP contribution in [0.15, 0.2) is 79.8 Å². The molecule has 51 heavy (non-hydrogen) atoms. The van der Waals surface area contributed by atoms with Crippen LogP contribution in [-0.2, 0) is 54.1 Å². The molecule has 1 aliphatic rings. The van der Waals surface area contributed by atoms with Crippen LogP contribution in [0.2, 0.25) is 0 Å². The fourth-order valence-electron chi connectivity index (χ4n) is 7.89. The predicted molar refractivity (Wildman–Crippen MR) is 193 cm³/mol. The Morgan fingerprint density at radius 2 is 0.863 bits per heavy atom. The van der Waals surface area contributed by atoms with Crippen LogP contribution in [0.4, 0.5) is 0 Å². The van der Waals surface area contributed by atoms with Crippen LogP contribution in [0.1, 0.15) is 28.7 Å². The zero-order valence-electron chi connectivity index (χ0n) is 28.4. The molecule has 0 spiro atoms. The molecule has 9 rings (SSSR count). The molecule has 0 amide bonds. The fraction of sp³-hybridized carbons (Fsp3) is 0.243. The van der Waals surface area contributed by atoms with E-state index in [2.05, 4.69) is 19.3 Å². The van der Waals surface area contributed by atoms with Gasteiger partial charge in [-0.25, -0.2) is 9.59 Å². The molecule has 254 valence electrons. The third-order valence-corrected chi connectivity index (χ3v) is 10.4. The van der Waals surface area contributed by atoms with Gasteiger partial charge in [0, 0.05) is 52.1 Å². The summed E-state index contributed by atoms with van der Waals surface area (Å²) in [5.74, 6) is 0. The first kappa shape index (κ1) is 30.6. The maximum atomic E-state index is 14.0. The lowest BCUT2D eigenvalue weighted by atomic mass is 10.0. The Kier molecular flexibility index (Phi) is 6.62. The Labute approximate surface area is 288 Å². The summed E-state index contributed by atoms with van der Waals surface area (Å²) < 4.78 is 9.15. The van der Waals surface area contributed by atoms with Crippen molar-refractivity contribution < 1.29 is 0 Å². The van der Waals surface area contributed by atoms with Crippen LogP contribution in [0.25, 0.3) is 55.5 Å². The van der Waals surface area contributed by atoms with E-state index in [4.69, 9.17) is 10.2 Å². The van der Waals surface area contributed by atoms with E-state index >= 15 is 0 Å². The summed E-state index contributed by atoms with van der Waals surface area (Å²) in [5.41, 5.74) is 5.13. The number of fused-ring (bicyclic) bond motifs is 11. The van der Waals surface area contributed by atoms with E-state index in [9.17, 15) is 19.2 Å². The number of aryl methyl sites for hydroxylation is 4. The van der Waals surface area contributed by atoms with Crippen molar-refractivity contribution in [3.05, 3.63) is 125 Å². The second-order valence-corrected chi connectivity index (χ2v) is 13.3. The van der Waals surface area contributed by atoms with Crippen molar-refractivity contribution in [2.75, 3.05) is 0 Å². The van der Waals surface area contributed by atoms with E-state index in [0.717, 1.165) is 42.8 Å². The molecule has 0 atom stereocenters. The maximum Gasteiger partial charge on any atom is 0.332 e. The summed E-state index contributed by atoms with van der Waals surface area (Å²) in [6.07, 6.45) is 1.87. The van der Waals surface area contributed by atoms with Crippen LogP contribution in [0.3, 0.4) is 0 Å². The summed E-state index contributed by atoms with van der Waals surface area (Å²) in [6.45, 7) is 0.821. The van der Waals surface area contributed by atoms with Gasteiger partial charge in [0.1, 0.15) is 0 Å². The minimum atomic E-state index is -0.484. The molecule has 1 aliphatic carbocycles. The number of hydrogen-bond acceptors (Lipinski definition) is 8. The zero-order valence-corrected chi connectivity index (χ0v) is 28.4. The van der Waals surface area contributed by atoms with Crippen LogP contribution in [-0.4, -0.2) is 47.8 Å². The Bertz CT molecular complexity index is 2810. The lowest BCUT2D eigenvalue weighted by Crippen LogP contribution is -2.37. The van der Waals surface area contributed by atoms with E-state index in [1.165, 1.54) is 23.2 Å². The van der Waals surface area contributed by atoms with Gasteiger partial charge in [0.25, 0.3) is 11.1 Å². The first-order valence-electron chi connectivity index (χ1n) is 16.7. The third-order valence-electron chi connectivity index (χ3n) is 10.4. The molecular weight excluding hydrogens is 648 g/mol. The molecule has 14 heteroatoms. The van der Waals surface area contributed by atoms with Gasteiger partial charge in [0.2, 0.25) is 0 Å². The molecule has 0 saturated carbocycles. The standard InChI is InChI=1S/C37H32N10O4/c1-42-30-26(34(48)44(3)36(42)50)24-22-16-11-17-23-25-27-31(43(2)37(51)45(4)35(27)49)39-41-33(25)47(19-21-14-9-6-10-15-21)29(23)28(22)46(32(24)40-38-30)18-20-12-7-5-8-13-20/h5-10,12-15H,11,16-19H2,1-4H3. The number of rotatable bonds is 4. The van der Waals surface area contributed by atoms with Crippen LogP contribution >= 0.6 is 0 Å². The van der Waals surface area contributed by atoms with Crippen molar-refractivity contribution in [2.45, 2.75) is 32.4 Å². The van der Waals surface area contributed by atoms with Crippen molar-refractivity contribution in [2.24, 2.45) is 28.2 Å². The van der Waals surface area contributed by atoms with Crippen LogP contribution in [0.5, 0.6) is 0 Å². The van der Waals surface area contributed by atoms with Crippen molar-refractivity contribution in [3.8, 4) is 11.4 Å². The van der Waals surface area contributed by atoms with Gasteiger partial charge in [-0.2, -0.15) is 0 Å². The van der Waals surface area contributed by atoms with E-state index in [0.29, 0.717) is 65.2 Å². The van der Waals surface area contributed by atoms with Crippen LogP contribution in [0, 0.1) is 0 Å². The van der Waals surface area contributed by atoms with Gasteiger partial charge in [-0.15, -0.1) is 20.4 Å². The Hall–Kier alpha value is -6.44. The molecule has 0 radical (unpaired) electrons. The molecule has 6 heterocycles. The monoisotopic (exact) mass is 680 g/mol. The average Bonchev–Trinajstić information content (AvgIpc) is 3.53. The highest BCUT2D eigenvalue weighted by Crippen LogP contribution is 2.45. The first-order valence-corrected chi connectivity index (χ1v) is 16.7. The molecule has 0 unspecified atom stereocenters. The molecule has 14 nitrogen and oxygen atoms in total. The highest BCUT2D eigenvalue weighted by atomic mass is 16.2. The average molecular weight is 681 g/mol. The van der Waals surface area contributed by atoms with Crippen molar-refractivity contribution in [1.82, 2.24) is 47.8 Å². The normalized spacial score (nSPS) is 12.9. The fourth-order valence-corrected chi connectivity index (χ4v) is 7.89. The summed E-state index contributed by atoms with van der Waals surface area (Å²) in [6, 6.07) is 20.0. The minimum Gasteiger partial charge on any atom is -0.318 e. The molecule has 0 bridgehead atoms. The van der Waals surface area contributed by atoms with E-state index in [1.54, 1.807) is 14.1 Å². The number of nitrogens with zero attached hydrogens (tertiary/aromatic N) is 10. The molecule has 0 saturated heterocycles. The zero-order chi connectivity index (χ0) is 35.3. The first-order chi connectivity index (χ1) is 24.7. The topological polar surface area (TPSA) is 149 Å². The van der Waals surface area contributed by atoms with Crippen molar-refractivity contribution >= 4 is 44.1 Å². The van der Waals surface area contributed by atoms with Crippen molar-refractivity contribution in [1.29, 1.82) is 0 Å². The molecule has 8 aromatic rings. The summed E-state index contributed by atoms with van der Waals surface area (Å²) in [4.78, 5) is 54.0. The quantitative estimate of drug-likeness (QED) is 0.275. The third kappa shape index (κ3) is 4.22. The summed E-state index contributed by atoms with van der Waals surface area (Å²) >= 11 is 0. The van der Waals surface area contributed by atoms with Gasteiger partial charge in [0.05, 0.1) is 22.2 Å². The number of benzene rings is 2. The minimum absolute atomic E-state index is 0.214. The van der Waals surface area contributed by atoms with Gasteiger partial charge in [0.15, 0.2) is 22.6 Å². The van der Waals surface area contributed by atoms with Gasteiger partial charge < -0.3 is 9.13 Å². The van der Waals surface area contributed by atoms with Crippen molar-refractivity contribution in [3.63, 3.8) is 0 Å². The summed E-state index contributed by atoms with van der Waals surface area (Å²) in [7, 11) is 6.14. The van der Waals surface area contributed by atoms with E-state index in [1.807, 2.05) is 60.7 Å². The second-order valence-electron chi connectivity index (χ2n) is 13.3. The Morgan fingerprint density at radius 1 is 0.490 bits per heavy atom. The number of aromatic nitrogens is 10.